The molecule has 1 heterocycles. The minimum absolute atomic E-state index is 0.176. The van der Waals surface area contributed by atoms with E-state index < -0.39 is 0 Å². The Balaban J connectivity index is 1.95. The Morgan fingerprint density at radius 3 is 2.19 bits per heavy atom. The number of nitrogens with zero attached hydrogens (tertiary/aromatic N) is 1. The lowest BCUT2D eigenvalue weighted by Gasteiger charge is -2.31. The van der Waals surface area contributed by atoms with Gasteiger partial charge in [-0.1, -0.05) is 13.3 Å². The molecule has 1 N–H and O–H groups in total. The molecule has 1 amide bonds. The van der Waals surface area contributed by atoms with Crippen molar-refractivity contribution in [1.29, 1.82) is 0 Å². The number of ether oxygens (including phenoxy) is 3. The first-order valence-electron chi connectivity index (χ1n) is 9.91. The van der Waals surface area contributed by atoms with Crippen molar-refractivity contribution < 1.29 is 23.9 Å². The third kappa shape index (κ3) is 5.51. The highest BCUT2D eigenvalue weighted by atomic mass is 16.5. The van der Waals surface area contributed by atoms with Gasteiger partial charge in [-0.3, -0.25) is 4.79 Å². The van der Waals surface area contributed by atoms with Gasteiger partial charge in [-0.25, -0.2) is 0 Å². The average Bonchev–Trinajstić information content (AvgIpc) is 2.71. The number of benzene rings is 1. The number of hydrogen-bond donors (Lipinski definition) is 1. The van der Waals surface area contributed by atoms with E-state index in [2.05, 4.69) is 6.92 Å². The Hall–Kier alpha value is -1.95. The maximum Gasteiger partial charge on any atom is 0.225 e. The van der Waals surface area contributed by atoms with E-state index in [-0.39, 0.29) is 5.92 Å². The van der Waals surface area contributed by atoms with Gasteiger partial charge in [-0.05, 0) is 18.6 Å². The van der Waals surface area contributed by atoms with Crippen LogP contribution >= 0.6 is 0 Å². The molecule has 1 aliphatic heterocycles. The zero-order valence-corrected chi connectivity index (χ0v) is 17.5. The van der Waals surface area contributed by atoms with Gasteiger partial charge in [0.1, 0.15) is 6.54 Å². The molecule has 0 radical (unpaired) electrons. The summed E-state index contributed by atoms with van der Waals surface area (Å²) in [5, 5.41) is 0. The van der Waals surface area contributed by atoms with E-state index >= 15 is 0 Å². The first-order valence-corrected chi connectivity index (χ1v) is 9.91. The number of methoxy groups -OCH3 is 3. The van der Waals surface area contributed by atoms with Crippen LogP contribution in [-0.4, -0.2) is 58.8 Å². The van der Waals surface area contributed by atoms with Gasteiger partial charge in [0, 0.05) is 37.9 Å². The molecule has 1 aromatic carbocycles. The lowest BCUT2D eigenvalue weighted by Crippen LogP contribution is -3.11. The van der Waals surface area contributed by atoms with Crippen LogP contribution in [0.4, 0.5) is 0 Å². The van der Waals surface area contributed by atoms with Gasteiger partial charge < -0.3 is 24.0 Å². The quantitative estimate of drug-likeness (QED) is 0.710. The predicted molar refractivity (Wildman–Crippen MR) is 106 cm³/mol. The summed E-state index contributed by atoms with van der Waals surface area (Å²) in [6.45, 7) is 5.93. The van der Waals surface area contributed by atoms with Crippen LogP contribution in [0.25, 0.3) is 0 Å². The van der Waals surface area contributed by atoms with Crippen LogP contribution in [0.3, 0.4) is 0 Å². The van der Waals surface area contributed by atoms with E-state index in [0.717, 1.165) is 57.4 Å². The molecule has 2 rings (SSSR count). The molecule has 6 heteroatoms. The molecule has 152 valence electrons. The van der Waals surface area contributed by atoms with Crippen molar-refractivity contribution in [3.63, 3.8) is 0 Å². The lowest BCUT2D eigenvalue weighted by molar-refractivity contribution is -0.919. The standard InChI is InChI=1S/C21H34N2O4/c1-6-7-10-22(2)21(24)17-8-11-23(12-9-17)15-16-13-18(25-3)20(27-5)19(14-16)26-4/h13-14,17H,6-12,15H2,1-5H3/p+1. The van der Waals surface area contributed by atoms with E-state index in [9.17, 15) is 4.79 Å². The Morgan fingerprint density at radius 2 is 1.70 bits per heavy atom. The number of nitrogens with one attached hydrogen (secondary N) is 1. The number of unbranched alkanes of at least 4 members (excludes halogenated alkanes) is 1. The monoisotopic (exact) mass is 379 g/mol. The fourth-order valence-corrected chi connectivity index (χ4v) is 3.79. The Morgan fingerprint density at radius 1 is 1.11 bits per heavy atom. The second kappa shape index (κ2) is 10.4. The summed E-state index contributed by atoms with van der Waals surface area (Å²) in [5.41, 5.74) is 1.16. The van der Waals surface area contributed by atoms with Crippen molar-refractivity contribution in [2.45, 2.75) is 39.2 Å². The van der Waals surface area contributed by atoms with Gasteiger partial charge in [-0.15, -0.1) is 0 Å². The van der Waals surface area contributed by atoms with Gasteiger partial charge in [0.25, 0.3) is 0 Å². The number of carbonyl (C=O) groups excluding carboxylic acids is 1. The SMILES string of the molecule is CCCCN(C)C(=O)C1CC[NH+](Cc2cc(OC)c(OC)c(OC)c2)CC1. The van der Waals surface area contributed by atoms with E-state index in [1.54, 1.807) is 21.3 Å². The van der Waals surface area contributed by atoms with Crippen molar-refractivity contribution in [3.8, 4) is 17.2 Å². The second-order valence-corrected chi connectivity index (χ2v) is 7.35. The average molecular weight is 380 g/mol. The molecular weight excluding hydrogens is 344 g/mol. The number of piperidine rings is 1. The number of likely N-dealkylation sites (tertiary alicyclic amines) is 1. The molecule has 27 heavy (non-hydrogen) atoms. The highest BCUT2D eigenvalue weighted by molar-refractivity contribution is 5.78. The highest BCUT2D eigenvalue weighted by Gasteiger charge is 2.29. The maximum atomic E-state index is 12.6. The van der Waals surface area contributed by atoms with Crippen LogP contribution < -0.4 is 19.1 Å². The maximum absolute atomic E-state index is 12.6. The first-order chi connectivity index (χ1) is 13.0. The fourth-order valence-electron chi connectivity index (χ4n) is 3.79. The summed E-state index contributed by atoms with van der Waals surface area (Å²) >= 11 is 0. The highest BCUT2D eigenvalue weighted by Crippen LogP contribution is 2.38. The summed E-state index contributed by atoms with van der Waals surface area (Å²) in [5.74, 6) is 2.49. The van der Waals surface area contributed by atoms with Crippen LogP contribution in [0, 0.1) is 5.92 Å². The van der Waals surface area contributed by atoms with Gasteiger partial charge in [0.15, 0.2) is 11.5 Å². The summed E-state index contributed by atoms with van der Waals surface area (Å²) < 4.78 is 16.3. The van der Waals surface area contributed by atoms with Crippen molar-refractivity contribution in [2.75, 3.05) is 48.0 Å². The minimum Gasteiger partial charge on any atom is -0.493 e. The topological polar surface area (TPSA) is 52.4 Å². The Kier molecular flexibility index (Phi) is 8.23. The van der Waals surface area contributed by atoms with Crippen molar-refractivity contribution in [2.24, 2.45) is 5.92 Å². The fraction of sp³-hybridized carbons (Fsp3) is 0.667. The summed E-state index contributed by atoms with van der Waals surface area (Å²) in [6.07, 6.45) is 4.10. The van der Waals surface area contributed by atoms with Crippen LogP contribution in [0.2, 0.25) is 0 Å². The Bertz CT molecular complexity index is 587. The minimum atomic E-state index is 0.176. The molecule has 0 atom stereocenters. The molecular formula is C21H35N2O4+. The van der Waals surface area contributed by atoms with Crippen LogP contribution in [0.15, 0.2) is 12.1 Å². The van der Waals surface area contributed by atoms with E-state index in [1.807, 2.05) is 24.1 Å². The molecule has 1 fully saturated rings. The molecule has 0 spiro atoms. The molecule has 0 bridgehead atoms. The van der Waals surface area contributed by atoms with Crippen LogP contribution in [-0.2, 0) is 11.3 Å². The summed E-state index contributed by atoms with van der Waals surface area (Å²) in [4.78, 5) is 16.0. The normalized spacial score (nSPS) is 19.4. The van der Waals surface area contributed by atoms with Crippen LogP contribution in [0.1, 0.15) is 38.2 Å². The number of amides is 1. The molecule has 1 aromatic rings. The lowest BCUT2D eigenvalue weighted by atomic mass is 9.95. The molecule has 1 saturated heterocycles. The van der Waals surface area contributed by atoms with Gasteiger partial charge in [0.05, 0.1) is 34.4 Å². The predicted octanol–water partition coefficient (Wildman–Crippen LogP) is 1.77. The van der Waals surface area contributed by atoms with Gasteiger partial charge in [0.2, 0.25) is 11.7 Å². The zero-order valence-electron chi connectivity index (χ0n) is 17.5. The van der Waals surface area contributed by atoms with E-state index in [0.29, 0.717) is 23.2 Å². The van der Waals surface area contributed by atoms with Gasteiger partial charge in [-0.2, -0.15) is 0 Å². The number of carbonyl (C=O) groups is 1. The third-order valence-corrected chi connectivity index (χ3v) is 5.44. The van der Waals surface area contributed by atoms with Crippen molar-refractivity contribution in [1.82, 2.24) is 4.90 Å². The molecule has 0 saturated carbocycles. The summed E-state index contributed by atoms with van der Waals surface area (Å²) in [6, 6.07) is 4.04. The molecule has 0 aliphatic carbocycles. The molecule has 1 aliphatic rings. The van der Waals surface area contributed by atoms with E-state index in [4.69, 9.17) is 14.2 Å². The molecule has 6 nitrogen and oxygen atoms in total. The number of hydrogen-bond acceptors (Lipinski definition) is 4. The second-order valence-electron chi connectivity index (χ2n) is 7.35. The summed E-state index contributed by atoms with van der Waals surface area (Å²) in [7, 11) is 6.83. The first kappa shape index (κ1) is 21.4. The Labute approximate surface area is 163 Å². The molecule has 0 aromatic heterocycles. The van der Waals surface area contributed by atoms with Crippen LogP contribution in [0.5, 0.6) is 17.2 Å². The molecule has 0 unspecified atom stereocenters. The third-order valence-electron chi connectivity index (χ3n) is 5.44. The van der Waals surface area contributed by atoms with Gasteiger partial charge >= 0.3 is 0 Å². The smallest absolute Gasteiger partial charge is 0.225 e. The van der Waals surface area contributed by atoms with Crippen molar-refractivity contribution >= 4 is 5.91 Å². The number of quaternary nitrogens is 1. The zero-order chi connectivity index (χ0) is 19.8. The number of rotatable bonds is 9. The largest absolute Gasteiger partial charge is 0.493 e. The van der Waals surface area contributed by atoms with E-state index in [1.165, 1.54) is 4.90 Å². The van der Waals surface area contributed by atoms with Crippen molar-refractivity contribution in [3.05, 3.63) is 17.7 Å².